The Hall–Kier alpha value is -0.390. The van der Waals surface area contributed by atoms with E-state index in [9.17, 15) is 8.42 Å². The predicted octanol–water partition coefficient (Wildman–Crippen LogP) is 2.87. The Labute approximate surface area is 111 Å². The standard InChI is InChI=1S/C12H16BrNO2S/c1-10-3-2-8-14(9-10)17(15,16)12-6-4-11(13)5-7-12/h4-7,10H,2-3,8-9H2,1H3/t10-/m1/s1. The highest BCUT2D eigenvalue weighted by Crippen LogP contribution is 2.24. The van der Waals surface area contributed by atoms with Crippen LogP contribution in [0, 0.1) is 5.92 Å². The number of nitrogens with zero attached hydrogens (tertiary/aromatic N) is 1. The van der Waals surface area contributed by atoms with Gasteiger partial charge < -0.3 is 0 Å². The number of piperidine rings is 1. The zero-order valence-electron chi connectivity index (χ0n) is 9.77. The normalized spacial score (nSPS) is 22.6. The summed E-state index contributed by atoms with van der Waals surface area (Å²) in [4.78, 5) is 0.384. The van der Waals surface area contributed by atoms with Crippen molar-refractivity contribution in [2.24, 2.45) is 5.92 Å². The Kier molecular flexibility index (Phi) is 3.90. The Balaban J connectivity index is 2.26. The van der Waals surface area contributed by atoms with E-state index in [1.54, 1.807) is 28.6 Å². The molecule has 0 amide bonds. The lowest BCUT2D eigenvalue weighted by Gasteiger charge is -2.30. The summed E-state index contributed by atoms with van der Waals surface area (Å²) in [6.45, 7) is 3.38. The third kappa shape index (κ3) is 2.89. The van der Waals surface area contributed by atoms with Crippen molar-refractivity contribution in [3.05, 3.63) is 28.7 Å². The molecule has 17 heavy (non-hydrogen) atoms. The third-order valence-corrected chi connectivity index (χ3v) is 5.48. The highest BCUT2D eigenvalue weighted by atomic mass is 79.9. The first-order valence-corrected chi connectivity index (χ1v) is 7.99. The molecule has 3 nitrogen and oxygen atoms in total. The second kappa shape index (κ2) is 5.08. The molecule has 1 fully saturated rings. The van der Waals surface area contributed by atoms with Gasteiger partial charge in [-0.25, -0.2) is 8.42 Å². The molecule has 0 radical (unpaired) electrons. The molecule has 0 saturated carbocycles. The first-order valence-electron chi connectivity index (χ1n) is 5.76. The van der Waals surface area contributed by atoms with Crippen LogP contribution in [0.1, 0.15) is 19.8 Å². The number of rotatable bonds is 2. The van der Waals surface area contributed by atoms with Gasteiger partial charge in [-0.3, -0.25) is 0 Å². The molecular formula is C12H16BrNO2S. The van der Waals surface area contributed by atoms with Crippen molar-refractivity contribution >= 4 is 26.0 Å². The van der Waals surface area contributed by atoms with E-state index >= 15 is 0 Å². The molecule has 0 aliphatic carbocycles. The van der Waals surface area contributed by atoms with Gasteiger partial charge in [0.25, 0.3) is 0 Å². The second-order valence-corrected chi connectivity index (χ2v) is 7.42. The zero-order chi connectivity index (χ0) is 12.5. The summed E-state index contributed by atoms with van der Waals surface area (Å²) >= 11 is 3.31. The van der Waals surface area contributed by atoms with Crippen molar-refractivity contribution in [3.63, 3.8) is 0 Å². The molecule has 1 atom stereocenters. The minimum Gasteiger partial charge on any atom is -0.207 e. The lowest BCUT2D eigenvalue weighted by Crippen LogP contribution is -2.39. The van der Waals surface area contributed by atoms with E-state index in [0.29, 0.717) is 23.9 Å². The number of hydrogen-bond acceptors (Lipinski definition) is 2. The molecule has 1 aromatic carbocycles. The lowest BCUT2D eigenvalue weighted by molar-refractivity contribution is 0.281. The van der Waals surface area contributed by atoms with Crippen LogP contribution in [0.5, 0.6) is 0 Å². The summed E-state index contributed by atoms with van der Waals surface area (Å²) in [5.74, 6) is 0.453. The van der Waals surface area contributed by atoms with Crippen LogP contribution >= 0.6 is 15.9 Å². The van der Waals surface area contributed by atoms with Crippen molar-refractivity contribution in [2.75, 3.05) is 13.1 Å². The van der Waals surface area contributed by atoms with Gasteiger partial charge in [-0.05, 0) is 43.0 Å². The van der Waals surface area contributed by atoms with E-state index in [0.717, 1.165) is 17.3 Å². The van der Waals surface area contributed by atoms with Gasteiger partial charge in [0, 0.05) is 17.6 Å². The summed E-state index contributed by atoms with van der Waals surface area (Å²) < 4.78 is 27.2. The molecule has 0 aromatic heterocycles. The van der Waals surface area contributed by atoms with Crippen molar-refractivity contribution < 1.29 is 8.42 Å². The van der Waals surface area contributed by atoms with Crippen LogP contribution in [0.15, 0.2) is 33.6 Å². The van der Waals surface area contributed by atoms with Gasteiger partial charge in [0.2, 0.25) is 10.0 Å². The average Bonchev–Trinajstić information content (AvgIpc) is 2.29. The highest BCUT2D eigenvalue weighted by Gasteiger charge is 2.28. The van der Waals surface area contributed by atoms with Gasteiger partial charge in [-0.15, -0.1) is 0 Å². The molecule has 1 saturated heterocycles. The van der Waals surface area contributed by atoms with E-state index < -0.39 is 10.0 Å². The monoisotopic (exact) mass is 317 g/mol. The van der Waals surface area contributed by atoms with Crippen LogP contribution in [0.3, 0.4) is 0 Å². The molecule has 0 spiro atoms. The Morgan fingerprint density at radius 3 is 2.53 bits per heavy atom. The van der Waals surface area contributed by atoms with Crippen LogP contribution in [-0.2, 0) is 10.0 Å². The zero-order valence-corrected chi connectivity index (χ0v) is 12.2. The smallest absolute Gasteiger partial charge is 0.207 e. The fourth-order valence-corrected chi connectivity index (χ4v) is 3.98. The summed E-state index contributed by atoms with van der Waals surface area (Å²) in [5, 5.41) is 0. The molecule has 1 aromatic rings. The molecule has 1 aliphatic rings. The van der Waals surface area contributed by atoms with Crippen LogP contribution in [-0.4, -0.2) is 25.8 Å². The fourth-order valence-electron chi connectivity index (χ4n) is 2.12. The average molecular weight is 318 g/mol. The first-order chi connectivity index (χ1) is 8.00. The predicted molar refractivity (Wildman–Crippen MR) is 71.3 cm³/mol. The van der Waals surface area contributed by atoms with Gasteiger partial charge in [0.1, 0.15) is 0 Å². The molecule has 5 heteroatoms. The molecule has 0 unspecified atom stereocenters. The fraction of sp³-hybridized carbons (Fsp3) is 0.500. The quantitative estimate of drug-likeness (QED) is 0.841. The van der Waals surface area contributed by atoms with E-state index in [4.69, 9.17) is 0 Å². The van der Waals surface area contributed by atoms with Crippen LogP contribution in [0.2, 0.25) is 0 Å². The number of halogens is 1. The van der Waals surface area contributed by atoms with Crippen molar-refractivity contribution in [1.82, 2.24) is 4.31 Å². The minimum absolute atomic E-state index is 0.384. The SMILES string of the molecule is C[C@@H]1CCCN(S(=O)(=O)c2ccc(Br)cc2)C1. The lowest BCUT2D eigenvalue weighted by atomic mass is 10.0. The molecule has 1 heterocycles. The molecule has 0 N–H and O–H groups in total. The van der Waals surface area contributed by atoms with E-state index in [1.807, 2.05) is 0 Å². The summed E-state index contributed by atoms with van der Waals surface area (Å²) in [6, 6.07) is 6.83. The Bertz CT molecular complexity index is 484. The van der Waals surface area contributed by atoms with Gasteiger partial charge in [0.05, 0.1) is 4.90 Å². The van der Waals surface area contributed by atoms with E-state index in [-0.39, 0.29) is 0 Å². The molecule has 0 bridgehead atoms. The van der Waals surface area contributed by atoms with Gasteiger partial charge in [-0.1, -0.05) is 22.9 Å². The van der Waals surface area contributed by atoms with Crippen LogP contribution in [0.4, 0.5) is 0 Å². The summed E-state index contributed by atoms with van der Waals surface area (Å²) in [6.07, 6.45) is 2.07. The van der Waals surface area contributed by atoms with E-state index in [2.05, 4.69) is 22.9 Å². The second-order valence-electron chi connectivity index (χ2n) is 4.56. The van der Waals surface area contributed by atoms with Crippen molar-refractivity contribution in [3.8, 4) is 0 Å². The Morgan fingerprint density at radius 2 is 1.94 bits per heavy atom. The number of sulfonamides is 1. The van der Waals surface area contributed by atoms with Gasteiger partial charge in [0.15, 0.2) is 0 Å². The van der Waals surface area contributed by atoms with Crippen LogP contribution < -0.4 is 0 Å². The van der Waals surface area contributed by atoms with Crippen molar-refractivity contribution in [2.45, 2.75) is 24.7 Å². The van der Waals surface area contributed by atoms with E-state index in [1.165, 1.54) is 0 Å². The number of hydrogen-bond donors (Lipinski definition) is 0. The summed E-state index contributed by atoms with van der Waals surface area (Å²) in [5.41, 5.74) is 0. The molecular weight excluding hydrogens is 302 g/mol. The number of benzene rings is 1. The molecule has 1 aliphatic heterocycles. The maximum atomic E-state index is 12.4. The molecule has 94 valence electrons. The first kappa shape index (κ1) is 13.1. The maximum absolute atomic E-state index is 12.4. The molecule has 2 rings (SSSR count). The maximum Gasteiger partial charge on any atom is 0.243 e. The van der Waals surface area contributed by atoms with Crippen molar-refractivity contribution in [1.29, 1.82) is 0 Å². The topological polar surface area (TPSA) is 37.4 Å². The minimum atomic E-state index is -3.30. The summed E-state index contributed by atoms with van der Waals surface area (Å²) in [7, 11) is -3.30. The van der Waals surface area contributed by atoms with Gasteiger partial charge in [-0.2, -0.15) is 4.31 Å². The van der Waals surface area contributed by atoms with Gasteiger partial charge >= 0.3 is 0 Å². The Morgan fingerprint density at radius 1 is 1.29 bits per heavy atom. The largest absolute Gasteiger partial charge is 0.243 e. The van der Waals surface area contributed by atoms with Crippen LogP contribution in [0.25, 0.3) is 0 Å². The third-order valence-electron chi connectivity index (χ3n) is 3.07. The highest BCUT2D eigenvalue weighted by molar-refractivity contribution is 9.10.